The largest absolute Gasteiger partial charge is 0.373 e. The monoisotopic (exact) mass is 354 g/mol. The van der Waals surface area contributed by atoms with Crippen molar-refractivity contribution in [3.8, 4) is 0 Å². The molecule has 0 radical (unpaired) electrons. The van der Waals surface area contributed by atoms with E-state index in [2.05, 4.69) is 37.3 Å². The molecule has 2 rings (SSSR count). The van der Waals surface area contributed by atoms with Crippen molar-refractivity contribution in [3.63, 3.8) is 0 Å². The Hall–Kier alpha value is -0.950. The summed E-state index contributed by atoms with van der Waals surface area (Å²) in [6, 6.07) is 5.24. The van der Waals surface area contributed by atoms with E-state index in [-0.39, 0.29) is 17.7 Å². The Bertz CT molecular complexity index is 676. The van der Waals surface area contributed by atoms with Crippen LogP contribution in [0.2, 0.25) is 0 Å². The molecule has 0 aromatic heterocycles. The van der Waals surface area contributed by atoms with Crippen molar-refractivity contribution in [2.45, 2.75) is 64.2 Å². The van der Waals surface area contributed by atoms with E-state index in [1.165, 1.54) is 0 Å². The molecule has 24 heavy (non-hydrogen) atoms. The van der Waals surface area contributed by atoms with Crippen molar-refractivity contribution < 1.29 is 13.2 Å². The van der Waals surface area contributed by atoms with Crippen molar-refractivity contribution in [1.82, 2.24) is 9.62 Å². The van der Waals surface area contributed by atoms with Crippen LogP contribution >= 0.6 is 0 Å². The van der Waals surface area contributed by atoms with Gasteiger partial charge in [-0.15, -0.1) is 0 Å². The van der Waals surface area contributed by atoms with Crippen LogP contribution in [0.15, 0.2) is 23.1 Å². The lowest BCUT2D eigenvalue weighted by Gasteiger charge is -2.45. The molecule has 0 bridgehead atoms. The maximum Gasteiger partial charge on any atom is 0.240 e. The van der Waals surface area contributed by atoms with E-state index in [1.807, 2.05) is 19.9 Å². The maximum absolute atomic E-state index is 12.6. The molecular weight excluding hydrogens is 324 g/mol. The second-order valence-electron chi connectivity index (χ2n) is 7.55. The molecule has 136 valence electrons. The van der Waals surface area contributed by atoms with E-state index in [9.17, 15) is 8.42 Å². The summed E-state index contributed by atoms with van der Waals surface area (Å²) in [7, 11) is -3.51. The highest BCUT2D eigenvalue weighted by molar-refractivity contribution is 7.89. The summed E-state index contributed by atoms with van der Waals surface area (Å²) >= 11 is 0. The van der Waals surface area contributed by atoms with Crippen molar-refractivity contribution in [3.05, 3.63) is 29.3 Å². The normalized spacial score (nSPS) is 23.4. The second-order valence-corrected chi connectivity index (χ2v) is 9.31. The highest BCUT2D eigenvalue weighted by Gasteiger charge is 2.34. The Morgan fingerprint density at radius 2 is 1.75 bits per heavy atom. The molecule has 5 nitrogen and oxygen atoms in total. The summed E-state index contributed by atoms with van der Waals surface area (Å²) in [4.78, 5) is 2.62. The van der Waals surface area contributed by atoms with Gasteiger partial charge in [-0.05, 0) is 64.8 Å². The second kappa shape index (κ2) is 7.12. The Balaban J connectivity index is 2.08. The topological polar surface area (TPSA) is 58.6 Å². The first kappa shape index (κ1) is 19.4. The number of benzene rings is 1. The van der Waals surface area contributed by atoms with Crippen LogP contribution in [0.25, 0.3) is 0 Å². The first-order valence-corrected chi connectivity index (χ1v) is 9.97. The van der Waals surface area contributed by atoms with E-state index < -0.39 is 10.0 Å². The van der Waals surface area contributed by atoms with Gasteiger partial charge in [0, 0.05) is 25.2 Å². The fraction of sp³-hybridized carbons (Fsp3) is 0.667. The van der Waals surface area contributed by atoms with E-state index >= 15 is 0 Å². The number of ether oxygens (including phenoxy) is 1. The van der Waals surface area contributed by atoms with Gasteiger partial charge in [-0.3, -0.25) is 4.90 Å². The SMILES string of the molecule is Cc1ccc(S(=O)(=O)NCC(C)(C)N2C[C@@H](C)O[C@H](C)C2)cc1C. The predicted molar refractivity (Wildman–Crippen MR) is 96.8 cm³/mol. The van der Waals surface area contributed by atoms with Crippen LogP contribution < -0.4 is 4.72 Å². The van der Waals surface area contributed by atoms with Gasteiger partial charge < -0.3 is 4.74 Å². The third-order valence-electron chi connectivity index (χ3n) is 4.76. The molecule has 0 unspecified atom stereocenters. The fourth-order valence-electron chi connectivity index (χ4n) is 3.02. The predicted octanol–water partition coefficient (Wildman–Crippen LogP) is 2.47. The third kappa shape index (κ3) is 4.57. The summed E-state index contributed by atoms with van der Waals surface area (Å²) in [6.07, 6.45) is 0.314. The minimum Gasteiger partial charge on any atom is -0.373 e. The van der Waals surface area contributed by atoms with Crippen LogP contribution in [0.4, 0.5) is 0 Å². The lowest BCUT2D eigenvalue weighted by Crippen LogP contribution is -2.58. The standard InChI is InChI=1S/C18H30N2O3S/c1-13-7-8-17(9-14(13)2)24(21,22)19-12-18(5,6)20-10-15(3)23-16(4)11-20/h7-9,15-16,19H,10-12H2,1-6H3/t15-,16-/m1/s1. The molecule has 1 aliphatic rings. The zero-order valence-corrected chi connectivity index (χ0v) is 16.4. The number of hydrogen-bond donors (Lipinski definition) is 1. The first-order chi connectivity index (χ1) is 11.0. The fourth-order valence-corrected chi connectivity index (χ4v) is 4.31. The molecule has 1 saturated heterocycles. The quantitative estimate of drug-likeness (QED) is 0.882. The Kier molecular flexibility index (Phi) is 5.75. The van der Waals surface area contributed by atoms with Gasteiger partial charge in [0.15, 0.2) is 0 Å². The molecule has 1 N–H and O–H groups in total. The van der Waals surface area contributed by atoms with Crippen LogP contribution in [-0.4, -0.2) is 50.7 Å². The van der Waals surface area contributed by atoms with E-state index in [4.69, 9.17) is 4.74 Å². The highest BCUT2D eigenvalue weighted by Crippen LogP contribution is 2.22. The minimum atomic E-state index is -3.51. The molecule has 0 aliphatic carbocycles. The van der Waals surface area contributed by atoms with Gasteiger partial charge >= 0.3 is 0 Å². The van der Waals surface area contributed by atoms with Gasteiger partial charge in [-0.2, -0.15) is 0 Å². The Morgan fingerprint density at radius 3 is 2.29 bits per heavy atom. The molecule has 0 amide bonds. The van der Waals surface area contributed by atoms with Crippen molar-refractivity contribution in [2.24, 2.45) is 0 Å². The first-order valence-electron chi connectivity index (χ1n) is 8.49. The van der Waals surface area contributed by atoms with Gasteiger partial charge in [-0.1, -0.05) is 6.07 Å². The molecule has 1 aromatic rings. The number of rotatable bonds is 5. The number of sulfonamides is 1. The number of morpholine rings is 1. The lowest BCUT2D eigenvalue weighted by molar-refractivity contribution is -0.0945. The van der Waals surface area contributed by atoms with Gasteiger partial charge in [0.25, 0.3) is 0 Å². The third-order valence-corrected chi connectivity index (χ3v) is 6.16. The highest BCUT2D eigenvalue weighted by atomic mass is 32.2. The average Bonchev–Trinajstić information content (AvgIpc) is 2.47. The molecule has 0 spiro atoms. The molecule has 6 heteroatoms. The van der Waals surface area contributed by atoms with Crippen molar-refractivity contribution in [2.75, 3.05) is 19.6 Å². The Morgan fingerprint density at radius 1 is 1.17 bits per heavy atom. The molecular formula is C18H30N2O3S. The molecule has 2 atom stereocenters. The number of nitrogens with one attached hydrogen (secondary N) is 1. The molecule has 1 heterocycles. The van der Waals surface area contributed by atoms with E-state index in [1.54, 1.807) is 12.1 Å². The van der Waals surface area contributed by atoms with Crippen molar-refractivity contribution >= 4 is 10.0 Å². The van der Waals surface area contributed by atoms with Crippen LogP contribution in [0.5, 0.6) is 0 Å². The summed E-state index contributed by atoms with van der Waals surface area (Å²) in [5.41, 5.74) is 1.79. The van der Waals surface area contributed by atoms with Gasteiger partial charge in [0.2, 0.25) is 10.0 Å². The average molecular weight is 355 g/mol. The van der Waals surface area contributed by atoms with Crippen LogP contribution in [0.3, 0.4) is 0 Å². The maximum atomic E-state index is 12.6. The van der Waals surface area contributed by atoms with Gasteiger partial charge in [0.1, 0.15) is 0 Å². The van der Waals surface area contributed by atoms with E-state index in [0.717, 1.165) is 24.2 Å². The number of aryl methyl sites for hydroxylation is 2. The van der Waals surface area contributed by atoms with Crippen LogP contribution in [0.1, 0.15) is 38.8 Å². The summed E-state index contributed by atoms with van der Waals surface area (Å²) in [5.74, 6) is 0. The van der Waals surface area contributed by atoms with Gasteiger partial charge in [-0.25, -0.2) is 13.1 Å². The lowest BCUT2D eigenvalue weighted by atomic mass is 10.0. The molecule has 1 fully saturated rings. The number of nitrogens with zero attached hydrogens (tertiary/aromatic N) is 1. The molecule has 1 aliphatic heterocycles. The molecule has 0 saturated carbocycles. The van der Waals surface area contributed by atoms with Crippen LogP contribution in [0, 0.1) is 13.8 Å². The van der Waals surface area contributed by atoms with Crippen LogP contribution in [-0.2, 0) is 14.8 Å². The smallest absolute Gasteiger partial charge is 0.240 e. The Labute approximate surface area is 146 Å². The summed E-state index contributed by atoms with van der Waals surface area (Å²) in [5, 5.41) is 0. The zero-order chi connectivity index (χ0) is 18.1. The van der Waals surface area contributed by atoms with Crippen molar-refractivity contribution in [1.29, 1.82) is 0 Å². The minimum absolute atomic E-state index is 0.157. The summed E-state index contributed by atoms with van der Waals surface area (Å²) in [6.45, 7) is 14.1. The number of hydrogen-bond acceptors (Lipinski definition) is 4. The summed E-state index contributed by atoms with van der Waals surface area (Å²) < 4.78 is 33.7. The van der Waals surface area contributed by atoms with E-state index in [0.29, 0.717) is 11.4 Å². The zero-order valence-electron chi connectivity index (χ0n) is 15.6. The van der Waals surface area contributed by atoms with Gasteiger partial charge in [0.05, 0.1) is 17.1 Å². The molecule has 1 aromatic carbocycles.